The molecule has 10 rings (SSSR count). The maximum Gasteiger partial charge on any atom is 0.137 e. The largest absolute Gasteiger partial charge is 0.457 e. The average molecular weight is 879 g/mol. The standard InChI is InChI=1S/C62H62N4O/c1-59(2,3)44-25-19-26-46(35-44)64-41-65(57-40-53(62(9,10)43-23-15-12-16-24-43)52(39-56(57)64)61(7,8)42-21-13-11-14-22-42)47-27-20-28-48(37-47)67-49-31-32-51-50-29-17-18-30-54(50)66(55(51)38-49)58-36-45(33-34-63-58)60(4,5)6/h11-40H,41H2,1-10H3. The second-order valence-electron chi connectivity index (χ2n) is 21.5. The summed E-state index contributed by atoms with van der Waals surface area (Å²) in [7, 11) is 0. The quantitative estimate of drug-likeness (QED) is 0.145. The minimum Gasteiger partial charge on any atom is -0.457 e. The SMILES string of the molecule is CC(C)(C)c1cccc(N2CN(c3cccc(Oc4ccc5c6ccccc6n(-c6cc(C(C)(C)C)ccn6)c5c4)c3)c3cc(C(C)(C)c4ccccc4)c(C(C)(C)c4ccccc4)cc32)c1. The van der Waals surface area contributed by atoms with Crippen LogP contribution in [-0.4, -0.2) is 16.2 Å². The van der Waals surface area contributed by atoms with Gasteiger partial charge in [-0.15, -0.1) is 0 Å². The van der Waals surface area contributed by atoms with E-state index in [-0.39, 0.29) is 21.7 Å². The van der Waals surface area contributed by atoms with Gasteiger partial charge in [-0.3, -0.25) is 4.57 Å². The van der Waals surface area contributed by atoms with Gasteiger partial charge >= 0.3 is 0 Å². The summed E-state index contributed by atoms with van der Waals surface area (Å²) in [6, 6.07) is 64.0. The summed E-state index contributed by atoms with van der Waals surface area (Å²) in [6.07, 6.45) is 1.93. The molecule has 2 aromatic heterocycles. The van der Waals surface area contributed by atoms with Gasteiger partial charge in [0.25, 0.3) is 0 Å². The van der Waals surface area contributed by atoms with Crippen molar-refractivity contribution in [3.8, 4) is 17.3 Å². The van der Waals surface area contributed by atoms with Gasteiger partial charge in [-0.1, -0.05) is 166 Å². The smallest absolute Gasteiger partial charge is 0.137 e. The zero-order chi connectivity index (χ0) is 46.9. The Hall–Kier alpha value is -7.11. The van der Waals surface area contributed by atoms with E-state index in [1.54, 1.807) is 0 Å². The lowest BCUT2D eigenvalue weighted by molar-refractivity contribution is 0.483. The van der Waals surface area contributed by atoms with Gasteiger partial charge in [-0.2, -0.15) is 0 Å². The molecule has 0 unspecified atom stereocenters. The number of para-hydroxylation sites is 1. The van der Waals surface area contributed by atoms with Crippen molar-refractivity contribution in [2.75, 3.05) is 16.5 Å². The fourth-order valence-corrected chi connectivity index (χ4v) is 10.1. The van der Waals surface area contributed by atoms with E-state index in [9.17, 15) is 0 Å². The summed E-state index contributed by atoms with van der Waals surface area (Å²) in [5.74, 6) is 2.43. The number of benzene rings is 7. The van der Waals surface area contributed by atoms with Gasteiger partial charge in [0.1, 0.15) is 24.0 Å². The highest BCUT2D eigenvalue weighted by Gasteiger charge is 2.38. The Bertz CT molecular complexity index is 3280. The van der Waals surface area contributed by atoms with Crippen molar-refractivity contribution in [2.45, 2.75) is 90.9 Å². The predicted octanol–water partition coefficient (Wildman–Crippen LogP) is 16.5. The summed E-state index contributed by atoms with van der Waals surface area (Å²) in [5.41, 5.74) is 13.9. The molecule has 0 saturated carbocycles. The minimum atomic E-state index is -0.307. The number of hydrogen-bond acceptors (Lipinski definition) is 4. The van der Waals surface area contributed by atoms with Gasteiger partial charge < -0.3 is 14.5 Å². The monoisotopic (exact) mass is 878 g/mol. The molecular weight excluding hydrogens is 817 g/mol. The molecule has 67 heavy (non-hydrogen) atoms. The zero-order valence-electron chi connectivity index (χ0n) is 40.7. The second kappa shape index (κ2) is 16.3. The van der Waals surface area contributed by atoms with Crippen LogP contribution in [0.15, 0.2) is 182 Å². The van der Waals surface area contributed by atoms with Crippen LogP contribution in [0.2, 0.25) is 0 Å². The molecule has 0 N–H and O–H groups in total. The Morgan fingerprint density at radius 2 is 0.925 bits per heavy atom. The Morgan fingerprint density at radius 1 is 0.418 bits per heavy atom. The average Bonchev–Trinajstić information content (AvgIpc) is 3.87. The van der Waals surface area contributed by atoms with Gasteiger partial charge in [0.05, 0.1) is 22.4 Å². The van der Waals surface area contributed by atoms with E-state index in [2.05, 4.69) is 260 Å². The third kappa shape index (κ3) is 7.94. The molecule has 5 heteroatoms. The summed E-state index contributed by atoms with van der Waals surface area (Å²) >= 11 is 0. The molecule has 0 amide bonds. The Labute approximate surface area is 397 Å². The van der Waals surface area contributed by atoms with Crippen LogP contribution in [-0.2, 0) is 21.7 Å². The summed E-state index contributed by atoms with van der Waals surface area (Å²) < 4.78 is 9.15. The molecule has 5 nitrogen and oxygen atoms in total. The van der Waals surface area contributed by atoms with Crippen molar-refractivity contribution in [1.29, 1.82) is 0 Å². The first-order valence-corrected chi connectivity index (χ1v) is 23.7. The number of pyridine rings is 1. The highest BCUT2D eigenvalue weighted by atomic mass is 16.5. The molecule has 0 aliphatic carbocycles. The van der Waals surface area contributed by atoms with E-state index in [0.29, 0.717) is 6.67 Å². The maximum absolute atomic E-state index is 6.88. The van der Waals surface area contributed by atoms with E-state index in [1.165, 1.54) is 55.8 Å². The molecule has 9 aromatic rings. The highest BCUT2D eigenvalue weighted by molar-refractivity contribution is 6.09. The number of anilines is 4. The van der Waals surface area contributed by atoms with Gasteiger partial charge in [-0.25, -0.2) is 4.98 Å². The molecule has 3 heterocycles. The fraction of sp³-hybridized carbons (Fsp3) is 0.242. The van der Waals surface area contributed by atoms with Crippen LogP contribution in [0, 0.1) is 0 Å². The highest BCUT2D eigenvalue weighted by Crippen LogP contribution is 2.52. The van der Waals surface area contributed by atoms with Gasteiger partial charge in [0.2, 0.25) is 0 Å². The van der Waals surface area contributed by atoms with Gasteiger partial charge in [-0.05, 0) is 111 Å². The Kier molecular flexibility index (Phi) is 10.7. The second-order valence-corrected chi connectivity index (χ2v) is 21.5. The number of nitrogens with zero attached hydrogens (tertiary/aromatic N) is 4. The molecule has 0 spiro atoms. The van der Waals surface area contributed by atoms with Crippen molar-refractivity contribution in [1.82, 2.24) is 9.55 Å². The van der Waals surface area contributed by atoms with Gasteiger partial charge in [0.15, 0.2) is 0 Å². The molecule has 336 valence electrons. The maximum atomic E-state index is 6.88. The normalized spacial score (nSPS) is 13.4. The lowest BCUT2D eigenvalue weighted by Gasteiger charge is -2.36. The predicted molar refractivity (Wildman–Crippen MR) is 282 cm³/mol. The van der Waals surface area contributed by atoms with E-state index in [4.69, 9.17) is 9.72 Å². The molecule has 1 aliphatic rings. The lowest BCUT2D eigenvalue weighted by Crippen LogP contribution is -2.28. The van der Waals surface area contributed by atoms with E-state index >= 15 is 0 Å². The number of ether oxygens (including phenoxy) is 1. The topological polar surface area (TPSA) is 33.5 Å². The third-order valence-electron chi connectivity index (χ3n) is 14.2. The summed E-state index contributed by atoms with van der Waals surface area (Å²) in [5, 5.41) is 2.34. The third-order valence-corrected chi connectivity index (χ3v) is 14.2. The first-order chi connectivity index (χ1) is 32.0. The molecule has 1 aliphatic heterocycles. The van der Waals surface area contributed by atoms with Crippen LogP contribution in [0.4, 0.5) is 22.7 Å². The van der Waals surface area contributed by atoms with Crippen molar-refractivity contribution >= 4 is 44.6 Å². The van der Waals surface area contributed by atoms with E-state index in [1.807, 2.05) is 6.20 Å². The van der Waals surface area contributed by atoms with Crippen LogP contribution in [0.25, 0.3) is 27.6 Å². The van der Waals surface area contributed by atoms with Crippen LogP contribution in [0.5, 0.6) is 11.5 Å². The van der Waals surface area contributed by atoms with Crippen molar-refractivity contribution in [3.05, 3.63) is 216 Å². The lowest BCUT2D eigenvalue weighted by atomic mass is 9.68. The van der Waals surface area contributed by atoms with Crippen LogP contribution < -0.4 is 14.5 Å². The summed E-state index contributed by atoms with van der Waals surface area (Å²) in [6.45, 7) is 23.8. The minimum absolute atomic E-state index is 0.00169. The number of rotatable bonds is 9. The molecule has 0 bridgehead atoms. The first kappa shape index (κ1) is 43.8. The number of fused-ring (bicyclic) bond motifs is 4. The fourth-order valence-electron chi connectivity index (χ4n) is 10.1. The van der Waals surface area contributed by atoms with Gasteiger partial charge in [0, 0.05) is 51.3 Å². The van der Waals surface area contributed by atoms with Crippen molar-refractivity contribution < 1.29 is 4.74 Å². The van der Waals surface area contributed by atoms with Crippen molar-refractivity contribution in [2.24, 2.45) is 0 Å². The molecule has 0 fully saturated rings. The Balaban J connectivity index is 1.11. The van der Waals surface area contributed by atoms with E-state index in [0.717, 1.165) is 39.4 Å². The van der Waals surface area contributed by atoms with Crippen molar-refractivity contribution in [3.63, 3.8) is 0 Å². The molecule has 0 radical (unpaired) electrons. The number of aromatic nitrogens is 2. The number of hydrogen-bond donors (Lipinski definition) is 0. The summed E-state index contributed by atoms with van der Waals surface area (Å²) in [4.78, 5) is 9.87. The molecule has 0 saturated heterocycles. The van der Waals surface area contributed by atoms with Crippen LogP contribution in [0.3, 0.4) is 0 Å². The van der Waals surface area contributed by atoms with E-state index < -0.39 is 0 Å². The molecular formula is C62H62N4O. The molecule has 7 aromatic carbocycles. The zero-order valence-corrected chi connectivity index (χ0v) is 40.7. The molecule has 0 atom stereocenters. The first-order valence-electron chi connectivity index (χ1n) is 23.7. The van der Waals surface area contributed by atoms with Crippen LogP contribution in [0.1, 0.15) is 103 Å². The Morgan fingerprint density at radius 3 is 1.54 bits per heavy atom. The van der Waals surface area contributed by atoms with Crippen LogP contribution >= 0.6 is 0 Å².